The van der Waals surface area contributed by atoms with Crippen molar-refractivity contribution in [3.8, 4) is 0 Å². The second-order valence-corrected chi connectivity index (χ2v) is 6.05. The van der Waals surface area contributed by atoms with Gasteiger partial charge in [-0.3, -0.25) is 4.68 Å². The number of nitrogens with zero attached hydrogens (tertiary/aromatic N) is 2. The summed E-state index contributed by atoms with van der Waals surface area (Å²) in [5.41, 5.74) is 4.79. The van der Waals surface area contributed by atoms with Crippen molar-refractivity contribution < 1.29 is 0 Å². The minimum Gasteiger partial charge on any atom is -0.379 e. The van der Waals surface area contributed by atoms with Crippen molar-refractivity contribution in [1.29, 1.82) is 0 Å². The monoisotopic (exact) mass is 335 g/mol. The third-order valence-corrected chi connectivity index (χ3v) is 4.51. The summed E-state index contributed by atoms with van der Waals surface area (Å²) in [5, 5.41) is 8.08. The number of aromatic nitrogens is 2. The first kappa shape index (κ1) is 15.1. The fourth-order valence-corrected chi connectivity index (χ4v) is 2.80. The molecule has 0 atom stereocenters. The van der Waals surface area contributed by atoms with Crippen molar-refractivity contribution in [2.45, 2.75) is 46.7 Å². The minimum atomic E-state index is 0.514. The van der Waals surface area contributed by atoms with Gasteiger partial charge in [-0.05, 0) is 47.3 Å². The number of benzene rings is 1. The van der Waals surface area contributed by atoms with Crippen molar-refractivity contribution in [1.82, 2.24) is 9.78 Å². The fourth-order valence-electron chi connectivity index (χ4n) is 2.38. The van der Waals surface area contributed by atoms with Crippen LogP contribution >= 0.6 is 15.9 Å². The van der Waals surface area contributed by atoms with Crippen LogP contribution in [0.2, 0.25) is 0 Å². The lowest BCUT2D eigenvalue weighted by molar-refractivity contribution is 0.622. The van der Waals surface area contributed by atoms with E-state index in [0.29, 0.717) is 5.92 Å². The van der Waals surface area contributed by atoms with Gasteiger partial charge in [-0.2, -0.15) is 5.10 Å². The van der Waals surface area contributed by atoms with Gasteiger partial charge >= 0.3 is 0 Å². The first-order valence-corrected chi connectivity index (χ1v) is 7.88. The standard InChI is InChI=1S/C16H22BrN3/c1-5-20-15(16(17)12(4)19-20)10-18-14-9-7-6-8-13(14)11(2)3/h6-9,11,18H,5,10H2,1-4H3. The van der Waals surface area contributed by atoms with Gasteiger partial charge in [0.05, 0.1) is 22.4 Å². The van der Waals surface area contributed by atoms with Crippen molar-refractivity contribution >= 4 is 21.6 Å². The number of hydrogen-bond acceptors (Lipinski definition) is 2. The second kappa shape index (κ2) is 6.44. The molecule has 0 saturated heterocycles. The van der Waals surface area contributed by atoms with E-state index >= 15 is 0 Å². The van der Waals surface area contributed by atoms with Crippen LogP contribution in [-0.4, -0.2) is 9.78 Å². The smallest absolute Gasteiger partial charge is 0.0739 e. The van der Waals surface area contributed by atoms with Crippen molar-refractivity contribution in [3.63, 3.8) is 0 Å². The molecule has 0 fully saturated rings. The fraction of sp³-hybridized carbons (Fsp3) is 0.438. The quantitative estimate of drug-likeness (QED) is 0.857. The Morgan fingerprint density at radius 1 is 1.30 bits per heavy atom. The van der Waals surface area contributed by atoms with E-state index in [0.717, 1.165) is 23.3 Å². The van der Waals surface area contributed by atoms with Crippen LogP contribution in [0.15, 0.2) is 28.7 Å². The van der Waals surface area contributed by atoms with Gasteiger partial charge in [0.15, 0.2) is 0 Å². The molecule has 1 aromatic heterocycles. The van der Waals surface area contributed by atoms with E-state index < -0.39 is 0 Å². The van der Waals surface area contributed by atoms with Crippen molar-refractivity contribution in [2.24, 2.45) is 0 Å². The predicted molar refractivity (Wildman–Crippen MR) is 88.2 cm³/mol. The van der Waals surface area contributed by atoms with Crippen LogP contribution in [0.1, 0.15) is 43.6 Å². The summed E-state index contributed by atoms with van der Waals surface area (Å²) in [4.78, 5) is 0. The molecule has 1 N–H and O–H groups in total. The first-order chi connectivity index (χ1) is 9.54. The summed E-state index contributed by atoms with van der Waals surface area (Å²) in [6.45, 7) is 10.2. The number of aryl methyl sites for hydroxylation is 2. The van der Waals surface area contributed by atoms with Gasteiger partial charge in [0, 0.05) is 12.2 Å². The summed E-state index contributed by atoms with van der Waals surface area (Å²) < 4.78 is 3.15. The number of nitrogens with one attached hydrogen (secondary N) is 1. The molecule has 0 aliphatic carbocycles. The molecular formula is C16H22BrN3. The van der Waals surface area contributed by atoms with Crippen molar-refractivity contribution in [3.05, 3.63) is 45.7 Å². The van der Waals surface area contributed by atoms with Gasteiger partial charge in [0.2, 0.25) is 0 Å². The number of rotatable bonds is 5. The Hall–Kier alpha value is -1.29. The van der Waals surface area contributed by atoms with Crippen LogP contribution in [0.4, 0.5) is 5.69 Å². The van der Waals surface area contributed by atoms with Crippen molar-refractivity contribution in [2.75, 3.05) is 5.32 Å². The highest BCUT2D eigenvalue weighted by Gasteiger charge is 2.12. The number of anilines is 1. The molecule has 0 bridgehead atoms. The van der Waals surface area contributed by atoms with E-state index in [1.165, 1.54) is 16.9 Å². The highest BCUT2D eigenvalue weighted by molar-refractivity contribution is 9.10. The molecule has 1 heterocycles. The van der Waals surface area contributed by atoms with Gasteiger partial charge in [-0.15, -0.1) is 0 Å². The predicted octanol–water partition coefficient (Wildman–Crippen LogP) is 4.71. The molecule has 0 unspecified atom stereocenters. The third-order valence-electron chi connectivity index (χ3n) is 3.48. The first-order valence-electron chi connectivity index (χ1n) is 7.09. The summed E-state index contributed by atoms with van der Waals surface area (Å²) in [7, 11) is 0. The minimum absolute atomic E-state index is 0.514. The van der Waals surface area contributed by atoms with E-state index in [1.807, 2.05) is 11.6 Å². The van der Waals surface area contributed by atoms with Crippen LogP contribution in [0, 0.1) is 6.92 Å². The Morgan fingerprint density at radius 2 is 2.00 bits per heavy atom. The second-order valence-electron chi connectivity index (χ2n) is 5.26. The molecule has 0 aliphatic rings. The lowest BCUT2D eigenvalue weighted by Gasteiger charge is -2.15. The maximum absolute atomic E-state index is 4.53. The zero-order valence-corrected chi connectivity index (χ0v) is 14.2. The molecule has 0 radical (unpaired) electrons. The number of hydrogen-bond donors (Lipinski definition) is 1. The highest BCUT2D eigenvalue weighted by atomic mass is 79.9. The Labute approximate surface area is 129 Å². The lowest BCUT2D eigenvalue weighted by atomic mass is 10.0. The van der Waals surface area contributed by atoms with Gasteiger partial charge in [0.1, 0.15) is 0 Å². The van der Waals surface area contributed by atoms with Gasteiger partial charge in [0.25, 0.3) is 0 Å². The largest absolute Gasteiger partial charge is 0.379 e. The van der Waals surface area contributed by atoms with Gasteiger partial charge < -0.3 is 5.32 Å². The lowest BCUT2D eigenvalue weighted by Crippen LogP contribution is -2.09. The zero-order chi connectivity index (χ0) is 14.7. The van der Waals surface area contributed by atoms with Gasteiger partial charge in [-0.1, -0.05) is 32.0 Å². The molecule has 20 heavy (non-hydrogen) atoms. The molecule has 108 valence electrons. The molecule has 0 amide bonds. The van der Waals surface area contributed by atoms with E-state index in [-0.39, 0.29) is 0 Å². The van der Waals surface area contributed by atoms with Gasteiger partial charge in [-0.25, -0.2) is 0 Å². The van der Waals surface area contributed by atoms with Crippen LogP contribution < -0.4 is 5.32 Å². The summed E-state index contributed by atoms with van der Waals surface area (Å²) in [6, 6.07) is 8.50. The van der Waals surface area contributed by atoms with E-state index in [2.05, 4.69) is 71.4 Å². The van der Waals surface area contributed by atoms with E-state index in [9.17, 15) is 0 Å². The summed E-state index contributed by atoms with van der Waals surface area (Å²) in [5.74, 6) is 0.514. The Kier molecular flexibility index (Phi) is 4.86. The third kappa shape index (κ3) is 3.06. The van der Waals surface area contributed by atoms with E-state index in [1.54, 1.807) is 0 Å². The molecule has 0 aliphatic heterocycles. The average Bonchev–Trinajstić information content (AvgIpc) is 2.72. The SMILES string of the molecule is CCn1nc(C)c(Br)c1CNc1ccccc1C(C)C. The molecule has 2 aromatic rings. The molecule has 0 saturated carbocycles. The topological polar surface area (TPSA) is 29.9 Å². The molecule has 2 rings (SSSR count). The Morgan fingerprint density at radius 3 is 2.65 bits per heavy atom. The summed E-state index contributed by atoms with van der Waals surface area (Å²) in [6.07, 6.45) is 0. The maximum atomic E-state index is 4.53. The van der Waals surface area contributed by atoms with E-state index in [4.69, 9.17) is 0 Å². The van der Waals surface area contributed by atoms with Crippen LogP contribution in [0.3, 0.4) is 0 Å². The maximum Gasteiger partial charge on any atom is 0.0739 e. The molecule has 1 aromatic carbocycles. The van der Waals surface area contributed by atoms with Crippen LogP contribution in [-0.2, 0) is 13.1 Å². The number of para-hydroxylation sites is 1. The normalized spacial score (nSPS) is 11.1. The molecule has 4 heteroatoms. The summed E-state index contributed by atoms with van der Waals surface area (Å²) >= 11 is 3.64. The number of halogens is 1. The van der Waals surface area contributed by atoms with Crippen LogP contribution in [0.25, 0.3) is 0 Å². The highest BCUT2D eigenvalue weighted by Crippen LogP contribution is 2.26. The molecular weight excluding hydrogens is 314 g/mol. The van der Waals surface area contributed by atoms with Crippen LogP contribution in [0.5, 0.6) is 0 Å². The Bertz CT molecular complexity index is 587. The Balaban J connectivity index is 2.21. The average molecular weight is 336 g/mol. The molecule has 0 spiro atoms. The molecule has 3 nitrogen and oxygen atoms in total. The zero-order valence-electron chi connectivity index (χ0n) is 12.6.